The van der Waals surface area contributed by atoms with Crippen LogP contribution in [0.4, 0.5) is 14.5 Å². The number of carbonyl (C=O) groups is 7. The molecular weight excluding hydrogens is 989 g/mol. The van der Waals surface area contributed by atoms with Gasteiger partial charge >= 0.3 is 13.3 Å². The van der Waals surface area contributed by atoms with Gasteiger partial charge < -0.3 is 35.1 Å². The first-order valence-corrected chi connectivity index (χ1v) is 25.0. The maximum atomic E-state index is 14.5. The standard InChI is InChI=1S/C47H48BrF2N6O10PS/c1-46(2,3)40(53-42(60)37-25-28-24-29(12-18-36(28)68-37)47(49,50)67(64,65)66)45(63)55-22-7-11-35(55)44(62)54(31-15-13-30(48)14-16-31)23-20-38(57)51-21-5-4-8-27-9-6-10-32-33(27)26-56(43(32)61)34-17-19-39(58)52-41(34)59/h6,9-10,12-16,18,24-25,34-35,40H,5,7,11,17,19-23,26H2,1-3H3,(H,51,57)(H,53,60)(H,52,58,59)(H2,64,65,66)/t34?,35-,40?/m0/s1. The van der Waals surface area contributed by atoms with Crippen LogP contribution >= 0.6 is 34.9 Å². The lowest BCUT2D eigenvalue weighted by molar-refractivity contribution is -0.141. The number of carbonyl (C=O) groups excluding carboxylic acids is 7. The minimum absolute atomic E-state index is 0.0302. The largest absolute Gasteiger partial charge is 0.399 e. The van der Waals surface area contributed by atoms with Gasteiger partial charge in [0.25, 0.3) is 11.8 Å². The molecule has 7 rings (SSSR count). The number of thiophene rings is 1. The van der Waals surface area contributed by atoms with Crippen molar-refractivity contribution in [2.45, 2.75) is 89.6 Å². The highest BCUT2D eigenvalue weighted by atomic mass is 79.9. The number of amides is 7. The van der Waals surface area contributed by atoms with Crippen LogP contribution in [0.1, 0.15) is 96.0 Å². The summed E-state index contributed by atoms with van der Waals surface area (Å²) in [5, 5.41) is 8.07. The molecule has 0 aliphatic carbocycles. The zero-order chi connectivity index (χ0) is 49.3. The number of fused-ring (bicyclic) bond motifs is 2. The van der Waals surface area contributed by atoms with Crippen molar-refractivity contribution in [2.24, 2.45) is 5.41 Å². The first kappa shape index (κ1) is 50.0. The number of hydrogen-bond donors (Lipinski definition) is 5. The number of imide groups is 1. The minimum Gasteiger partial charge on any atom is -0.355 e. The predicted octanol–water partition coefficient (Wildman–Crippen LogP) is 5.77. The molecule has 4 aromatic rings. The van der Waals surface area contributed by atoms with Crippen molar-refractivity contribution in [3.63, 3.8) is 0 Å². The SMILES string of the molecule is CC(C)(C)C(NC(=O)c1cc2cc(C(F)(F)P(=O)(O)O)ccc2s1)C(=O)N1CCC[C@H]1C(=O)N(CCC(=O)NCCC#Cc1cccc2c1CN(C1CCC(=O)NC1=O)C2=O)c1ccc(Br)cc1. The van der Waals surface area contributed by atoms with E-state index in [1.807, 2.05) is 0 Å². The first-order chi connectivity index (χ1) is 32.0. The number of rotatable bonds is 13. The summed E-state index contributed by atoms with van der Waals surface area (Å²) < 4.78 is 41.6. The van der Waals surface area contributed by atoms with Crippen LogP contribution in [0.25, 0.3) is 10.1 Å². The fourth-order valence-corrected chi connectivity index (χ4v) is 10.1. The topological polar surface area (TPSA) is 223 Å². The van der Waals surface area contributed by atoms with E-state index in [0.717, 1.165) is 27.9 Å². The van der Waals surface area contributed by atoms with Crippen LogP contribution in [0.15, 0.2) is 71.2 Å². The van der Waals surface area contributed by atoms with Crippen LogP contribution < -0.4 is 20.9 Å². The summed E-state index contributed by atoms with van der Waals surface area (Å²) in [6.07, 6.45) is 1.36. The Labute approximate surface area is 402 Å². The Morgan fingerprint density at radius 1 is 1.03 bits per heavy atom. The maximum Gasteiger partial charge on any atom is 0.399 e. The van der Waals surface area contributed by atoms with Gasteiger partial charge in [-0.1, -0.05) is 60.7 Å². The van der Waals surface area contributed by atoms with E-state index >= 15 is 0 Å². The number of benzene rings is 3. The predicted molar refractivity (Wildman–Crippen MR) is 251 cm³/mol. The van der Waals surface area contributed by atoms with E-state index in [-0.39, 0.29) is 79.8 Å². The average molecular weight is 1040 g/mol. The summed E-state index contributed by atoms with van der Waals surface area (Å²) >= 11 is 4.37. The van der Waals surface area contributed by atoms with Crippen molar-refractivity contribution in [3.05, 3.63) is 98.3 Å². The molecule has 3 atom stereocenters. The zero-order valence-electron chi connectivity index (χ0n) is 37.1. The molecule has 4 heterocycles. The number of likely N-dealkylation sites (tertiary alicyclic amines) is 1. The van der Waals surface area contributed by atoms with Gasteiger partial charge in [0.2, 0.25) is 29.5 Å². The Morgan fingerprint density at radius 2 is 1.76 bits per heavy atom. The number of nitrogens with zero attached hydrogens (tertiary/aromatic N) is 3. The molecule has 7 amide bonds. The molecule has 0 bridgehead atoms. The Hall–Kier alpha value is -5.84. The fourth-order valence-electron chi connectivity index (χ4n) is 8.41. The summed E-state index contributed by atoms with van der Waals surface area (Å²) in [6, 6.07) is 13.6. The molecule has 16 nitrogen and oxygen atoms in total. The summed E-state index contributed by atoms with van der Waals surface area (Å²) in [4.78, 5) is 116. The highest BCUT2D eigenvalue weighted by molar-refractivity contribution is 9.10. The maximum absolute atomic E-state index is 14.5. The summed E-state index contributed by atoms with van der Waals surface area (Å²) in [5.74, 6) is 2.96. The lowest BCUT2D eigenvalue weighted by Gasteiger charge is -2.36. The fraction of sp³-hybridized carbons (Fsp3) is 0.383. The lowest BCUT2D eigenvalue weighted by Crippen LogP contribution is -2.58. The first-order valence-electron chi connectivity index (χ1n) is 21.7. The Balaban J connectivity index is 0.988. The molecule has 3 aromatic carbocycles. The van der Waals surface area contributed by atoms with Crippen LogP contribution in [0.2, 0.25) is 0 Å². The van der Waals surface area contributed by atoms with E-state index in [4.69, 9.17) is 0 Å². The third-order valence-electron chi connectivity index (χ3n) is 12.0. The van der Waals surface area contributed by atoms with Gasteiger partial charge in [-0.25, -0.2) is 0 Å². The van der Waals surface area contributed by atoms with E-state index < -0.39 is 66.0 Å². The van der Waals surface area contributed by atoms with Gasteiger partial charge in [-0.3, -0.25) is 43.4 Å². The molecule has 2 saturated heterocycles. The van der Waals surface area contributed by atoms with E-state index in [9.17, 15) is 56.7 Å². The van der Waals surface area contributed by atoms with Crippen molar-refractivity contribution >= 4 is 92.0 Å². The zero-order valence-corrected chi connectivity index (χ0v) is 40.4. The average Bonchev–Trinajstić information content (AvgIpc) is 4.03. The van der Waals surface area contributed by atoms with Gasteiger partial charge in [-0.2, -0.15) is 8.78 Å². The molecule has 2 unspecified atom stereocenters. The van der Waals surface area contributed by atoms with E-state index in [1.165, 1.54) is 26.8 Å². The van der Waals surface area contributed by atoms with Gasteiger partial charge in [0.15, 0.2) is 0 Å². The summed E-state index contributed by atoms with van der Waals surface area (Å²) in [7, 11) is -5.83. The van der Waals surface area contributed by atoms with Crippen molar-refractivity contribution in [3.8, 4) is 11.8 Å². The number of anilines is 1. The molecule has 0 spiro atoms. The van der Waals surface area contributed by atoms with Crippen LogP contribution in [0, 0.1) is 17.3 Å². The van der Waals surface area contributed by atoms with Gasteiger partial charge in [0.1, 0.15) is 18.1 Å². The van der Waals surface area contributed by atoms with Crippen molar-refractivity contribution in [2.75, 3.05) is 24.5 Å². The van der Waals surface area contributed by atoms with Crippen LogP contribution in [0.3, 0.4) is 0 Å². The molecule has 1 aromatic heterocycles. The third-order valence-corrected chi connectivity index (χ3v) is 14.6. The quantitative estimate of drug-likeness (QED) is 0.0471. The monoisotopic (exact) mass is 1040 g/mol. The second-order valence-corrected chi connectivity index (χ2v) is 21.4. The van der Waals surface area contributed by atoms with Gasteiger partial charge in [0.05, 0.1) is 4.88 Å². The van der Waals surface area contributed by atoms with Gasteiger partial charge in [-0.15, -0.1) is 11.3 Å². The number of nitrogens with one attached hydrogen (secondary N) is 3. The van der Waals surface area contributed by atoms with E-state index in [2.05, 4.69) is 43.7 Å². The van der Waals surface area contributed by atoms with Crippen LogP contribution in [0.5, 0.6) is 0 Å². The molecule has 358 valence electrons. The third kappa shape index (κ3) is 10.7. The second-order valence-electron chi connectivity index (χ2n) is 17.8. The molecule has 3 aliphatic rings. The molecular formula is C47H48BrF2N6O10PS. The summed E-state index contributed by atoms with van der Waals surface area (Å²) in [6.45, 7) is 5.79. The van der Waals surface area contributed by atoms with Crippen molar-refractivity contribution in [1.82, 2.24) is 25.8 Å². The van der Waals surface area contributed by atoms with Crippen molar-refractivity contribution < 1.29 is 56.7 Å². The molecule has 0 radical (unpaired) electrons. The van der Waals surface area contributed by atoms with E-state index in [0.29, 0.717) is 39.9 Å². The van der Waals surface area contributed by atoms with Crippen LogP contribution in [-0.2, 0) is 40.7 Å². The smallest absolute Gasteiger partial charge is 0.355 e. The molecule has 5 N–H and O–H groups in total. The Kier molecular flexibility index (Phi) is 14.7. The van der Waals surface area contributed by atoms with Crippen LogP contribution in [-0.4, -0.2) is 98.7 Å². The molecule has 0 saturated carbocycles. The Bertz CT molecular complexity index is 2820. The number of halogens is 3. The Morgan fingerprint density at radius 3 is 2.46 bits per heavy atom. The highest BCUT2D eigenvalue weighted by Gasteiger charge is 2.50. The van der Waals surface area contributed by atoms with Crippen molar-refractivity contribution in [1.29, 1.82) is 0 Å². The molecule has 68 heavy (non-hydrogen) atoms. The molecule has 2 fully saturated rings. The van der Waals surface area contributed by atoms with Gasteiger partial charge in [0, 0.05) is 77.0 Å². The highest BCUT2D eigenvalue weighted by Crippen LogP contribution is 2.59. The van der Waals surface area contributed by atoms with Gasteiger partial charge in [-0.05, 0) is 90.2 Å². The second kappa shape index (κ2) is 20.0. The normalized spacial score (nSPS) is 17.9. The lowest BCUT2D eigenvalue weighted by atomic mass is 9.85. The number of alkyl halides is 2. The number of piperidine rings is 1. The number of hydrogen-bond acceptors (Lipinski definition) is 9. The summed E-state index contributed by atoms with van der Waals surface area (Å²) in [5.41, 5.74) is -3.99. The van der Waals surface area contributed by atoms with E-state index in [1.54, 1.807) is 63.2 Å². The molecule has 3 aliphatic heterocycles. The molecule has 21 heteroatoms. The minimum atomic E-state index is -5.83.